The number of para-hydroxylation sites is 1. The largest absolute Gasteiger partial charge is 0.382 e. The molecule has 0 atom stereocenters. The molecule has 1 N–H and O–H groups in total. The van der Waals surface area contributed by atoms with Crippen LogP contribution in [0.5, 0.6) is 5.75 Å². The van der Waals surface area contributed by atoms with Crippen molar-refractivity contribution in [1.82, 2.24) is 15.9 Å². The average Bonchev–Trinajstić information content (AvgIpc) is 2.88. The van der Waals surface area contributed by atoms with Crippen molar-refractivity contribution < 1.29 is 9.36 Å². The topological polar surface area (TPSA) is 60.2 Å². The molecule has 5 heteroatoms. The maximum atomic E-state index is 5.09. The van der Waals surface area contributed by atoms with Crippen LogP contribution in [0.3, 0.4) is 0 Å². The van der Waals surface area contributed by atoms with Gasteiger partial charge in [0.05, 0.1) is 6.20 Å². The van der Waals surface area contributed by atoms with E-state index < -0.39 is 0 Å². The fraction of sp³-hybridized carbons (Fsp3) is 0. The fourth-order valence-electron chi connectivity index (χ4n) is 1.07. The Morgan fingerprint density at radius 2 is 2.13 bits per heavy atom. The number of nitrogens with one attached hydrogen (secondary N) is 1. The van der Waals surface area contributed by atoms with Gasteiger partial charge in [0.2, 0.25) is 0 Å². The molecule has 1 aromatic carbocycles. The molecule has 1 aliphatic heterocycles. The van der Waals surface area contributed by atoms with Crippen LogP contribution in [0, 0.1) is 0 Å². The van der Waals surface area contributed by atoms with E-state index in [1.165, 1.54) is 12.5 Å². The standard InChI is InChI=1S/C8H7NO.C2H2N2O/c1-2-4-8-7(3-1)5-6-9-10-8;1-2-5-4-3-1/h1-6,9H;1-2H. The molecule has 0 radical (unpaired) electrons. The first-order chi connectivity index (χ1) is 7.47. The summed E-state index contributed by atoms with van der Waals surface area (Å²) in [6.45, 7) is 0. The Hall–Kier alpha value is -2.30. The van der Waals surface area contributed by atoms with Gasteiger partial charge in [-0.15, -0.1) is 5.10 Å². The van der Waals surface area contributed by atoms with Crippen molar-refractivity contribution in [3.63, 3.8) is 0 Å². The summed E-state index contributed by atoms with van der Waals surface area (Å²) in [4.78, 5) is 5.09. The monoisotopic (exact) mass is 203 g/mol. The SMILES string of the molecule is C1=Cc2ccccc2ON1.c1conn1. The minimum atomic E-state index is 0.880. The Balaban J connectivity index is 0.000000144. The zero-order valence-electron chi connectivity index (χ0n) is 7.83. The van der Waals surface area contributed by atoms with Crippen molar-refractivity contribution in [2.45, 2.75) is 0 Å². The van der Waals surface area contributed by atoms with Crippen LogP contribution in [0.25, 0.3) is 6.08 Å². The van der Waals surface area contributed by atoms with Gasteiger partial charge in [-0.05, 0) is 12.1 Å². The van der Waals surface area contributed by atoms with Crippen LogP contribution in [0.15, 0.2) is 47.4 Å². The third-order valence-electron chi connectivity index (χ3n) is 1.70. The molecule has 0 unspecified atom stereocenters. The van der Waals surface area contributed by atoms with Crippen molar-refractivity contribution in [1.29, 1.82) is 0 Å². The van der Waals surface area contributed by atoms with Crippen LogP contribution in [0.1, 0.15) is 5.56 Å². The summed E-state index contributed by atoms with van der Waals surface area (Å²) in [5, 5.41) is 6.40. The summed E-state index contributed by atoms with van der Waals surface area (Å²) >= 11 is 0. The summed E-state index contributed by atoms with van der Waals surface area (Å²) in [6.07, 6.45) is 6.61. The molecule has 15 heavy (non-hydrogen) atoms. The molecule has 1 aliphatic rings. The van der Waals surface area contributed by atoms with E-state index in [0.29, 0.717) is 0 Å². The maximum absolute atomic E-state index is 5.09. The van der Waals surface area contributed by atoms with Crippen molar-refractivity contribution in [2.75, 3.05) is 0 Å². The van der Waals surface area contributed by atoms with Crippen LogP contribution < -0.4 is 10.3 Å². The first-order valence-electron chi connectivity index (χ1n) is 4.36. The zero-order valence-corrected chi connectivity index (χ0v) is 7.83. The van der Waals surface area contributed by atoms with E-state index >= 15 is 0 Å². The van der Waals surface area contributed by atoms with Gasteiger partial charge in [-0.2, -0.15) is 0 Å². The number of aromatic nitrogens is 2. The highest BCUT2D eigenvalue weighted by molar-refractivity contribution is 5.57. The predicted molar refractivity (Wildman–Crippen MR) is 53.5 cm³/mol. The lowest BCUT2D eigenvalue weighted by atomic mass is 10.2. The molecule has 76 valence electrons. The van der Waals surface area contributed by atoms with E-state index in [1.807, 2.05) is 30.3 Å². The Morgan fingerprint density at radius 3 is 2.80 bits per heavy atom. The summed E-state index contributed by atoms with van der Waals surface area (Å²) in [7, 11) is 0. The van der Waals surface area contributed by atoms with Crippen LogP contribution in [-0.2, 0) is 0 Å². The van der Waals surface area contributed by atoms with Crippen molar-refractivity contribution in [3.05, 3.63) is 48.5 Å². The molecule has 0 bridgehead atoms. The highest BCUT2D eigenvalue weighted by Crippen LogP contribution is 2.20. The van der Waals surface area contributed by atoms with E-state index in [1.54, 1.807) is 6.20 Å². The van der Waals surface area contributed by atoms with E-state index in [9.17, 15) is 0 Å². The van der Waals surface area contributed by atoms with Gasteiger partial charge in [0.25, 0.3) is 0 Å². The van der Waals surface area contributed by atoms with E-state index in [4.69, 9.17) is 4.84 Å². The quantitative estimate of drug-likeness (QED) is 0.705. The zero-order chi connectivity index (χ0) is 10.3. The molecule has 3 rings (SSSR count). The normalized spacial score (nSPS) is 11.5. The van der Waals surface area contributed by atoms with Crippen LogP contribution in [0.2, 0.25) is 0 Å². The maximum Gasteiger partial charge on any atom is 0.162 e. The number of hydrogen-bond donors (Lipinski definition) is 1. The van der Waals surface area contributed by atoms with Gasteiger partial charge in [0.1, 0.15) is 6.26 Å². The van der Waals surface area contributed by atoms with Crippen molar-refractivity contribution >= 4 is 6.08 Å². The Kier molecular flexibility index (Phi) is 2.97. The van der Waals surface area contributed by atoms with Gasteiger partial charge in [-0.1, -0.05) is 18.2 Å². The second-order valence-electron chi connectivity index (χ2n) is 2.68. The van der Waals surface area contributed by atoms with Gasteiger partial charge in [-0.25, -0.2) is 5.48 Å². The van der Waals surface area contributed by atoms with Crippen LogP contribution in [0.4, 0.5) is 0 Å². The fourth-order valence-corrected chi connectivity index (χ4v) is 1.07. The van der Waals surface area contributed by atoms with E-state index in [-0.39, 0.29) is 0 Å². The lowest BCUT2D eigenvalue weighted by molar-refractivity contribution is 0.239. The van der Waals surface area contributed by atoms with Crippen LogP contribution in [-0.4, -0.2) is 10.4 Å². The molecule has 2 heterocycles. The molecule has 0 saturated carbocycles. The highest BCUT2D eigenvalue weighted by atomic mass is 16.6. The molecule has 5 nitrogen and oxygen atoms in total. The van der Waals surface area contributed by atoms with Gasteiger partial charge >= 0.3 is 0 Å². The lowest BCUT2D eigenvalue weighted by Gasteiger charge is -2.11. The summed E-state index contributed by atoms with van der Waals surface area (Å²) in [6, 6.07) is 7.86. The highest BCUT2D eigenvalue weighted by Gasteiger charge is 2.01. The third-order valence-corrected chi connectivity index (χ3v) is 1.70. The predicted octanol–water partition coefficient (Wildman–Crippen LogP) is 1.62. The van der Waals surface area contributed by atoms with E-state index in [0.717, 1.165) is 11.3 Å². The first-order valence-corrected chi connectivity index (χ1v) is 4.36. The molecule has 0 amide bonds. The lowest BCUT2D eigenvalue weighted by Crippen LogP contribution is -2.13. The summed E-state index contributed by atoms with van der Waals surface area (Å²) in [5.41, 5.74) is 3.77. The van der Waals surface area contributed by atoms with Crippen molar-refractivity contribution in [2.24, 2.45) is 0 Å². The number of benzene rings is 1. The molecular weight excluding hydrogens is 194 g/mol. The molecule has 2 aromatic rings. The average molecular weight is 203 g/mol. The van der Waals surface area contributed by atoms with Gasteiger partial charge in [0, 0.05) is 17.0 Å². The second-order valence-corrected chi connectivity index (χ2v) is 2.68. The van der Waals surface area contributed by atoms with Crippen LogP contribution >= 0.6 is 0 Å². The minimum absolute atomic E-state index is 0.880. The Bertz CT molecular complexity index is 409. The number of fused-ring (bicyclic) bond motifs is 1. The summed E-state index contributed by atoms with van der Waals surface area (Å²) in [5.74, 6) is 0.880. The molecule has 0 fully saturated rings. The van der Waals surface area contributed by atoms with Gasteiger partial charge < -0.3 is 9.36 Å². The van der Waals surface area contributed by atoms with Gasteiger partial charge in [-0.3, -0.25) is 0 Å². The molecule has 0 spiro atoms. The summed E-state index contributed by atoms with van der Waals surface area (Å²) < 4.78 is 4.22. The molecule has 1 aromatic heterocycles. The molecule has 0 aliphatic carbocycles. The number of rotatable bonds is 0. The Labute approximate surface area is 86.3 Å². The number of hydrogen-bond acceptors (Lipinski definition) is 5. The molecular formula is C10H9N3O2. The minimum Gasteiger partial charge on any atom is -0.382 e. The number of nitrogens with zero attached hydrogens (tertiary/aromatic N) is 2. The first kappa shape index (κ1) is 9.26. The number of hydroxylamine groups is 1. The van der Waals surface area contributed by atoms with Gasteiger partial charge in [0.15, 0.2) is 5.75 Å². The van der Waals surface area contributed by atoms with Crippen molar-refractivity contribution in [3.8, 4) is 5.75 Å². The molecule has 0 saturated heterocycles. The van der Waals surface area contributed by atoms with E-state index in [2.05, 4.69) is 20.4 Å². The Morgan fingerprint density at radius 1 is 1.20 bits per heavy atom. The smallest absolute Gasteiger partial charge is 0.162 e. The second kappa shape index (κ2) is 4.80. The third kappa shape index (κ3) is 2.57.